The summed E-state index contributed by atoms with van der Waals surface area (Å²) in [6, 6.07) is 0. The summed E-state index contributed by atoms with van der Waals surface area (Å²) < 4.78 is 0. The molecule has 1 aromatic heterocycles. The standard InChI is InChI=1S/C14H23N5/c15-14-17-10-12(19-8-6-16-7-9-19)13(18-14)11-4-2-1-3-5-11/h10-11,16H,1-9H2,(H2,15,17,18). The van der Waals surface area contributed by atoms with E-state index in [2.05, 4.69) is 20.2 Å². The zero-order valence-corrected chi connectivity index (χ0v) is 11.4. The Morgan fingerprint density at radius 3 is 2.63 bits per heavy atom. The molecule has 104 valence electrons. The zero-order valence-electron chi connectivity index (χ0n) is 11.4. The SMILES string of the molecule is Nc1ncc(N2CCNCC2)c(C2CCCCC2)n1. The van der Waals surface area contributed by atoms with Crippen LogP contribution in [0.1, 0.15) is 43.7 Å². The molecule has 0 bridgehead atoms. The molecule has 3 rings (SSSR count). The third-order valence-electron chi connectivity index (χ3n) is 4.27. The molecule has 0 aromatic carbocycles. The number of rotatable bonds is 2. The van der Waals surface area contributed by atoms with Gasteiger partial charge < -0.3 is 16.0 Å². The molecule has 5 nitrogen and oxygen atoms in total. The molecule has 1 aliphatic heterocycles. The number of nitrogens with zero attached hydrogens (tertiary/aromatic N) is 3. The number of piperazine rings is 1. The van der Waals surface area contributed by atoms with Crippen LogP contribution in [0, 0.1) is 0 Å². The molecule has 1 aromatic rings. The van der Waals surface area contributed by atoms with Gasteiger partial charge in [0.2, 0.25) is 5.95 Å². The van der Waals surface area contributed by atoms with Crippen molar-refractivity contribution in [2.75, 3.05) is 36.8 Å². The van der Waals surface area contributed by atoms with Crippen molar-refractivity contribution in [2.24, 2.45) is 0 Å². The molecule has 1 saturated heterocycles. The third-order valence-corrected chi connectivity index (χ3v) is 4.27. The quantitative estimate of drug-likeness (QED) is 0.845. The van der Waals surface area contributed by atoms with Gasteiger partial charge >= 0.3 is 0 Å². The predicted molar refractivity (Wildman–Crippen MR) is 77.4 cm³/mol. The maximum atomic E-state index is 5.81. The second-order valence-corrected chi connectivity index (χ2v) is 5.57. The summed E-state index contributed by atoms with van der Waals surface area (Å²) in [6.45, 7) is 4.14. The van der Waals surface area contributed by atoms with E-state index >= 15 is 0 Å². The van der Waals surface area contributed by atoms with E-state index in [-0.39, 0.29) is 0 Å². The topological polar surface area (TPSA) is 67.1 Å². The predicted octanol–water partition coefficient (Wildman–Crippen LogP) is 1.52. The molecule has 0 radical (unpaired) electrons. The van der Waals surface area contributed by atoms with Crippen LogP contribution in [-0.2, 0) is 0 Å². The first-order valence-corrected chi connectivity index (χ1v) is 7.42. The van der Waals surface area contributed by atoms with Crippen molar-refractivity contribution in [3.05, 3.63) is 11.9 Å². The van der Waals surface area contributed by atoms with Crippen LogP contribution in [0.3, 0.4) is 0 Å². The van der Waals surface area contributed by atoms with Gasteiger partial charge in [-0.25, -0.2) is 9.97 Å². The molecule has 0 unspecified atom stereocenters. The lowest BCUT2D eigenvalue weighted by Gasteiger charge is -2.32. The van der Waals surface area contributed by atoms with E-state index in [1.54, 1.807) is 0 Å². The summed E-state index contributed by atoms with van der Waals surface area (Å²) in [6.07, 6.45) is 8.41. The van der Waals surface area contributed by atoms with Gasteiger partial charge in [-0.15, -0.1) is 0 Å². The summed E-state index contributed by atoms with van der Waals surface area (Å²) in [5.74, 6) is 0.989. The lowest BCUT2D eigenvalue weighted by Crippen LogP contribution is -2.44. The van der Waals surface area contributed by atoms with Crippen LogP contribution in [0.15, 0.2) is 6.20 Å². The highest BCUT2D eigenvalue weighted by Crippen LogP contribution is 2.36. The van der Waals surface area contributed by atoms with Gasteiger partial charge in [-0.2, -0.15) is 0 Å². The van der Waals surface area contributed by atoms with Gasteiger partial charge in [-0.3, -0.25) is 0 Å². The Morgan fingerprint density at radius 1 is 1.16 bits per heavy atom. The van der Waals surface area contributed by atoms with Crippen molar-refractivity contribution in [1.82, 2.24) is 15.3 Å². The van der Waals surface area contributed by atoms with Crippen molar-refractivity contribution < 1.29 is 0 Å². The summed E-state index contributed by atoms with van der Waals surface area (Å²) in [4.78, 5) is 11.2. The first-order chi connectivity index (χ1) is 9.34. The molecule has 3 N–H and O–H groups in total. The van der Waals surface area contributed by atoms with Crippen molar-refractivity contribution in [2.45, 2.75) is 38.0 Å². The molecule has 2 aliphatic rings. The highest BCUT2D eigenvalue weighted by Gasteiger charge is 2.24. The molecule has 2 heterocycles. The first kappa shape index (κ1) is 12.7. The van der Waals surface area contributed by atoms with Crippen LogP contribution < -0.4 is 16.0 Å². The van der Waals surface area contributed by atoms with E-state index < -0.39 is 0 Å². The molecule has 2 fully saturated rings. The number of hydrogen-bond donors (Lipinski definition) is 2. The number of nitrogen functional groups attached to an aromatic ring is 1. The van der Waals surface area contributed by atoms with Crippen LogP contribution in [-0.4, -0.2) is 36.1 Å². The Kier molecular flexibility index (Phi) is 3.82. The van der Waals surface area contributed by atoms with Gasteiger partial charge in [0.15, 0.2) is 0 Å². The van der Waals surface area contributed by atoms with Gasteiger partial charge in [0.25, 0.3) is 0 Å². The van der Waals surface area contributed by atoms with E-state index in [0.717, 1.165) is 26.2 Å². The number of aromatic nitrogens is 2. The average molecular weight is 261 g/mol. The number of anilines is 2. The molecule has 0 atom stereocenters. The molecule has 0 amide bonds. The lowest BCUT2D eigenvalue weighted by atomic mass is 9.86. The largest absolute Gasteiger partial charge is 0.368 e. The average Bonchev–Trinajstić information content (AvgIpc) is 2.49. The van der Waals surface area contributed by atoms with E-state index in [4.69, 9.17) is 5.73 Å². The Bertz CT molecular complexity index is 422. The lowest BCUT2D eigenvalue weighted by molar-refractivity contribution is 0.435. The first-order valence-electron chi connectivity index (χ1n) is 7.42. The van der Waals surface area contributed by atoms with E-state index in [9.17, 15) is 0 Å². The Balaban J connectivity index is 1.88. The molecule has 1 saturated carbocycles. The summed E-state index contributed by atoms with van der Waals surface area (Å²) in [5.41, 5.74) is 8.21. The van der Waals surface area contributed by atoms with E-state index in [1.165, 1.54) is 43.5 Å². The maximum Gasteiger partial charge on any atom is 0.220 e. The van der Waals surface area contributed by atoms with Crippen LogP contribution in [0.2, 0.25) is 0 Å². The molecule has 0 spiro atoms. The smallest absolute Gasteiger partial charge is 0.220 e. The van der Waals surface area contributed by atoms with Crippen LogP contribution in [0.25, 0.3) is 0 Å². The highest BCUT2D eigenvalue weighted by molar-refractivity contribution is 5.52. The van der Waals surface area contributed by atoms with Gasteiger partial charge in [-0.05, 0) is 12.8 Å². The molecule has 1 aliphatic carbocycles. The summed E-state index contributed by atoms with van der Waals surface area (Å²) in [5, 5.41) is 3.39. The molecule has 19 heavy (non-hydrogen) atoms. The van der Waals surface area contributed by atoms with Gasteiger partial charge in [0, 0.05) is 32.1 Å². The van der Waals surface area contributed by atoms with Gasteiger partial charge in [-0.1, -0.05) is 19.3 Å². The van der Waals surface area contributed by atoms with Gasteiger partial charge in [0.1, 0.15) is 0 Å². The van der Waals surface area contributed by atoms with Crippen molar-refractivity contribution in [3.8, 4) is 0 Å². The fraction of sp³-hybridized carbons (Fsp3) is 0.714. The van der Waals surface area contributed by atoms with Crippen LogP contribution >= 0.6 is 0 Å². The zero-order chi connectivity index (χ0) is 13.1. The second kappa shape index (κ2) is 5.74. The monoisotopic (exact) mass is 261 g/mol. The minimum Gasteiger partial charge on any atom is -0.368 e. The summed E-state index contributed by atoms with van der Waals surface area (Å²) >= 11 is 0. The number of nitrogens with one attached hydrogen (secondary N) is 1. The molecular weight excluding hydrogens is 238 g/mol. The van der Waals surface area contributed by atoms with Crippen LogP contribution in [0.4, 0.5) is 11.6 Å². The van der Waals surface area contributed by atoms with Gasteiger partial charge in [0.05, 0.1) is 17.6 Å². The Morgan fingerprint density at radius 2 is 1.89 bits per heavy atom. The van der Waals surface area contributed by atoms with Crippen LogP contribution in [0.5, 0.6) is 0 Å². The Labute approximate surface area is 114 Å². The highest BCUT2D eigenvalue weighted by atomic mass is 15.2. The van der Waals surface area contributed by atoms with E-state index in [0.29, 0.717) is 11.9 Å². The van der Waals surface area contributed by atoms with Crippen molar-refractivity contribution in [3.63, 3.8) is 0 Å². The minimum absolute atomic E-state index is 0.416. The number of nitrogens with two attached hydrogens (primary N) is 1. The fourth-order valence-electron chi connectivity index (χ4n) is 3.23. The third kappa shape index (κ3) is 2.81. The number of hydrogen-bond acceptors (Lipinski definition) is 5. The molecule has 5 heteroatoms. The second-order valence-electron chi connectivity index (χ2n) is 5.57. The Hall–Kier alpha value is -1.36. The normalized spacial score (nSPS) is 21.6. The van der Waals surface area contributed by atoms with Crippen molar-refractivity contribution in [1.29, 1.82) is 0 Å². The minimum atomic E-state index is 0.416. The van der Waals surface area contributed by atoms with E-state index in [1.807, 2.05) is 6.20 Å². The van der Waals surface area contributed by atoms with Crippen molar-refractivity contribution >= 4 is 11.6 Å². The maximum absolute atomic E-state index is 5.81. The fourth-order valence-corrected chi connectivity index (χ4v) is 3.23. The molecular formula is C14H23N5. The summed E-state index contributed by atoms with van der Waals surface area (Å²) in [7, 11) is 0.